The summed E-state index contributed by atoms with van der Waals surface area (Å²) in [6.45, 7) is 0.214. The molecule has 134 valence electrons. The van der Waals surface area contributed by atoms with Gasteiger partial charge in [0.25, 0.3) is 5.91 Å². The van der Waals surface area contributed by atoms with Gasteiger partial charge in [0.15, 0.2) is 0 Å². The Morgan fingerprint density at radius 3 is 2.52 bits per heavy atom. The van der Waals surface area contributed by atoms with Crippen molar-refractivity contribution in [1.82, 2.24) is 15.5 Å². The van der Waals surface area contributed by atoms with Crippen LogP contribution in [0.2, 0.25) is 0 Å². The van der Waals surface area contributed by atoms with Crippen LogP contribution in [-0.4, -0.2) is 41.4 Å². The summed E-state index contributed by atoms with van der Waals surface area (Å²) < 4.78 is 0. The Bertz CT molecular complexity index is 665. The SMILES string of the molecule is Nc1ccc(CCNC(=O)CN2C(=O)NC3(CCCCC3)C2=O)cc1. The van der Waals surface area contributed by atoms with E-state index in [1.165, 1.54) is 0 Å². The van der Waals surface area contributed by atoms with Gasteiger partial charge < -0.3 is 16.4 Å². The number of nitrogens with zero attached hydrogens (tertiary/aromatic N) is 1. The minimum absolute atomic E-state index is 0.228. The maximum Gasteiger partial charge on any atom is 0.325 e. The fourth-order valence-corrected chi connectivity index (χ4v) is 3.54. The average molecular weight is 344 g/mol. The zero-order valence-corrected chi connectivity index (χ0v) is 14.2. The molecule has 0 radical (unpaired) electrons. The van der Waals surface area contributed by atoms with Gasteiger partial charge in [-0.3, -0.25) is 14.5 Å². The number of nitrogens with two attached hydrogens (primary N) is 1. The van der Waals surface area contributed by atoms with Crippen LogP contribution in [0.3, 0.4) is 0 Å². The van der Waals surface area contributed by atoms with Gasteiger partial charge >= 0.3 is 6.03 Å². The van der Waals surface area contributed by atoms with Gasteiger partial charge in [0.05, 0.1) is 0 Å². The van der Waals surface area contributed by atoms with E-state index in [2.05, 4.69) is 10.6 Å². The molecule has 4 N–H and O–H groups in total. The van der Waals surface area contributed by atoms with Gasteiger partial charge in [-0.1, -0.05) is 31.4 Å². The van der Waals surface area contributed by atoms with Crippen molar-refractivity contribution in [1.29, 1.82) is 0 Å². The van der Waals surface area contributed by atoms with E-state index in [1.54, 1.807) is 0 Å². The van der Waals surface area contributed by atoms with E-state index in [0.29, 0.717) is 31.5 Å². The van der Waals surface area contributed by atoms with Crippen molar-refractivity contribution in [3.8, 4) is 0 Å². The molecule has 25 heavy (non-hydrogen) atoms. The van der Waals surface area contributed by atoms with E-state index in [-0.39, 0.29) is 18.4 Å². The van der Waals surface area contributed by atoms with Crippen LogP contribution in [0.4, 0.5) is 10.5 Å². The first kappa shape index (κ1) is 17.3. The monoisotopic (exact) mass is 344 g/mol. The van der Waals surface area contributed by atoms with Gasteiger partial charge in [-0.05, 0) is 37.0 Å². The zero-order chi connectivity index (χ0) is 17.9. The van der Waals surface area contributed by atoms with Crippen LogP contribution in [0.5, 0.6) is 0 Å². The van der Waals surface area contributed by atoms with Crippen molar-refractivity contribution in [2.24, 2.45) is 0 Å². The van der Waals surface area contributed by atoms with E-state index in [4.69, 9.17) is 5.73 Å². The van der Waals surface area contributed by atoms with E-state index in [9.17, 15) is 14.4 Å². The summed E-state index contributed by atoms with van der Waals surface area (Å²) in [6.07, 6.45) is 4.91. The predicted molar refractivity (Wildman–Crippen MR) is 93.6 cm³/mol. The minimum atomic E-state index is -0.778. The largest absolute Gasteiger partial charge is 0.399 e. The molecular formula is C18H24N4O3. The second-order valence-electron chi connectivity index (χ2n) is 6.81. The molecule has 2 aliphatic rings. The van der Waals surface area contributed by atoms with Gasteiger partial charge in [0, 0.05) is 12.2 Å². The summed E-state index contributed by atoms with van der Waals surface area (Å²) in [7, 11) is 0. The quantitative estimate of drug-likeness (QED) is 0.551. The lowest BCUT2D eigenvalue weighted by atomic mass is 9.82. The van der Waals surface area contributed by atoms with Crippen LogP contribution < -0.4 is 16.4 Å². The zero-order valence-electron chi connectivity index (χ0n) is 14.2. The number of rotatable bonds is 5. The third kappa shape index (κ3) is 3.75. The lowest BCUT2D eigenvalue weighted by Crippen LogP contribution is -2.49. The average Bonchev–Trinajstić information content (AvgIpc) is 2.81. The number of carbonyl (C=O) groups is 3. The Kier molecular flexibility index (Phi) is 4.92. The molecule has 1 aliphatic carbocycles. The first-order chi connectivity index (χ1) is 12.0. The summed E-state index contributed by atoms with van der Waals surface area (Å²) in [6, 6.07) is 6.99. The normalized spacial score (nSPS) is 19.1. The van der Waals surface area contributed by atoms with E-state index >= 15 is 0 Å². The van der Waals surface area contributed by atoms with E-state index in [1.807, 2.05) is 24.3 Å². The Hall–Kier alpha value is -2.57. The predicted octanol–water partition coefficient (Wildman–Crippen LogP) is 1.18. The number of hydrogen-bond acceptors (Lipinski definition) is 4. The van der Waals surface area contributed by atoms with Crippen LogP contribution in [0.15, 0.2) is 24.3 Å². The number of nitrogen functional groups attached to an aromatic ring is 1. The third-order valence-corrected chi connectivity index (χ3v) is 4.97. The lowest BCUT2D eigenvalue weighted by molar-refractivity contribution is -0.135. The van der Waals surface area contributed by atoms with Crippen LogP contribution in [0.25, 0.3) is 0 Å². The fourth-order valence-electron chi connectivity index (χ4n) is 3.54. The topological polar surface area (TPSA) is 105 Å². The molecule has 1 saturated carbocycles. The highest BCUT2D eigenvalue weighted by Gasteiger charge is 2.51. The number of carbonyl (C=O) groups excluding carboxylic acids is 3. The summed E-state index contributed by atoms with van der Waals surface area (Å²) in [4.78, 5) is 37.9. The van der Waals surface area contributed by atoms with Gasteiger partial charge in [0.2, 0.25) is 5.91 Å². The molecule has 3 rings (SSSR count). The molecule has 7 nitrogen and oxygen atoms in total. The van der Waals surface area contributed by atoms with Crippen LogP contribution in [-0.2, 0) is 16.0 Å². The molecule has 0 aromatic heterocycles. The van der Waals surface area contributed by atoms with Gasteiger partial charge in [-0.15, -0.1) is 0 Å². The molecule has 1 aromatic rings. The molecule has 0 bridgehead atoms. The van der Waals surface area contributed by atoms with Crippen molar-refractivity contribution < 1.29 is 14.4 Å². The number of amides is 4. The van der Waals surface area contributed by atoms with Crippen molar-refractivity contribution in [3.63, 3.8) is 0 Å². The molecular weight excluding hydrogens is 320 g/mol. The Balaban J connectivity index is 1.49. The number of imide groups is 1. The summed E-state index contributed by atoms with van der Waals surface area (Å²) in [5.74, 6) is -0.585. The van der Waals surface area contributed by atoms with Crippen molar-refractivity contribution in [3.05, 3.63) is 29.8 Å². The molecule has 7 heteroatoms. The second-order valence-corrected chi connectivity index (χ2v) is 6.81. The lowest BCUT2D eigenvalue weighted by Gasteiger charge is -2.30. The van der Waals surface area contributed by atoms with Gasteiger partial charge in [-0.2, -0.15) is 0 Å². The highest BCUT2D eigenvalue weighted by molar-refractivity contribution is 6.09. The first-order valence-electron chi connectivity index (χ1n) is 8.75. The summed E-state index contributed by atoms with van der Waals surface area (Å²) >= 11 is 0. The number of benzene rings is 1. The van der Waals surface area contributed by atoms with Crippen LogP contribution in [0, 0.1) is 0 Å². The Labute approximate surface area is 146 Å². The highest BCUT2D eigenvalue weighted by atomic mass is 16.2. The molecule has 0 atom stereocenters. The summed E-state index contributed by atoms with van der Waals surface area (Å²) in [5, 5.41) is 5.57. The van der Waals surface area contributed by atoms with Crippen LogP contribution in [0.1, 0.15) is 37.7 Å². The number of urea groups is 1. The first-order valence-corrected chi connectivity index (χ1v) is 8.75. The number of anilines is 1. The van der Waals surface area contributed by atoms with Gasteiger partial charge in [-0.25, -0.2) is 4.79 Å². The van der Waals surface area contributed by atoms with Crippen LogP contribution >= 0.6 is 0 Å². The highest BCUT2D eigenvalue weighted by Crippen LogP contribution is 2.33. The standard InChI is InChI=1S/C18H24N4O3/c19-14-6-4-13(5-7-14)8-11-20-15(23)12-22-16(24)18(21-17(22)25)9-2-1-3-10-18/h4-7H,1-3,8-12,19H2,(H,20,23)(H,21,25). The number of nitrogens with one attached hydrogen (secondary N) is 2. The third-order valence-electron chi connectivity index (χ3n) is 4.97. The molecule has 1 heterocycles. The molecule has 1 aliphatic heterocycles. The molecule has 1 spiro atoms. The van der Waals surface area contributed by atoms with Crippen molar-refractivity contribution in [2.45, 2.75) is 44.1 Å². The second kappa shape index (κ2) is 7.13. The fraction of sp³-hybridized carbons (Fsp3) is 0.500. The molecule has 0 unspecified atom stereocenters. The molecule has 1 saturated heterocycles. The maximum absolute atomic E-state index is 12.6. The number of hydrogen-bond donors (Lipinski definition) is 3. The minimum Gasteiger partial charge on any atom is -0.399 e. The molecule has 1 aromatic carbocycles. The summed E-state index contributed by atoms with van der Waals surface area (Å²) in [5.41, 5.74) is 6.61. The van der Waals surface area contributed by atoms with Crippen molar-refractivity contribution in [2.75, 3.05) is 18.8 Å². The smallest absolute Gasteiger partial charge is 0.325 e. The Morgan fingerprint density at radius 2 is 1.84 bits per heavy atom. The molecule has 2 fully saturated rings. The molecule has 4 amide bonds. The Morgan fingerprint density at radius 1 is 1.16 bits per heavy atom. The maximum atomic E-state index is 12.6. The van der Waals surface area contributed by atoms with Crippen molar-refractivity contribution >= 4 is 23.5 Å². The van der Waals surface area contributed by atoms with Gasteiger partial charge in [0.1, 0.15) is 12.1 Å². The van der Waals surface area contributed by atoms with E-state index < -0.39 is 11.6 Å². The van der Waals surface area contributed by atoms with E-state index in [0.717, 1.165) is 29.7 Å².